The molecule has 1 fully saturated rings. The summed E-state index contributed by atoms with van der Waals surface area (Å²) in [6.07, 6.45) is 6.98. The number of urea groups is 1. The molecule has 8 nitrogen and oxygen atoms in total. The summed E-state index contributed by atoms with van der Waals surface area (Å²) in [7, 11) is 1.97. The molecule has 0 aliphatic carbocycles. The van der Waals surface area contributed by atoms with E-state index >= 15 is 0 Å². The van der Waals surface area contributed by atoms with Crippen LogP contribution in [0.1, 0.15) is 23.4 Å². The lowest BCUT2D eigenvalue weighted by Gasteiger charge is -2.35. The monoisotopic (exact) mass is 357 g/mol. The zero-order valence-electron chi connectivity index (χ0n) is 15.8. The molecular formula is C18H27N7O. The Labute approximate surface area is 154 Å². The molecule has 0 atom stereocenters. The standard InChI is InChI=1S/C18H27N7O/c1-14-16(15(2)23(3)22-14)5-4-6-21-18(26)25-11-9-24(10-12-25)17-13-19-7-8-20-17/h7-8,13H,4-6,9-12H2,1-3H3,(H,21,26). The summed E-state index contributed by atoms with van der Waals surface area (Å²) in [4.78, 5) is 24.8. The minimum Gasteiger partial charge on any atom is -0.352 e. The van der Waals surface area contributed by atoms with Gasteiger partial charge in [-0.1, -0.05) is 0 Å². The smallest absolute Gasteiger partial charge is 0.317 e. The Morgan fingerprint density at radius 2 is 1.96 bits per heavy atom. The van der Waals surface area contributed by atoms with Crippen LogP contribution in [0, 0.1) is 13.8 Å². The van der Waals surface area contributed by atoms with Crippen LogP contribution in [0.15, 0.2) is 18.6 Å². The fourth-order valence-corrected chi connectivity index (χ4v) is 3.34. The van der Waals surface area contributed by atoms with E-state index in [-0.39, 0.29) is 6.03 Å². The quantitative estimate of drug-likeness (QED) is 0.816. The van der Waals surface area contributed by atoms with Gasteiger partial charge in [0.05, 0.1) is 11.9 Å². The van der Waals surface area contributed by atoms with E-state index in [0.717, 1.165) is 37.4 Å². The third kappa shape index (κ3) is 4.12. The molecule has 1 aliphatic rings. The molecule has 1 N–H and O–H groups in total. The summed E-state index contributed by atoms with van der Waals surface area (Å²) in [6.45, 7) is 7.76. The average molecular weight is 357 g/mol. The fraction of sp³-hybridized carbons (Fsp3) is 0.556. The molecule has 0 radical (unpaired) electrons. The van der Waals surface area contributed by atoms with Crippen LogP contribution in [-0.4, -0.2) is 63.4 Å². The SMILES string of the molecule is Cc1nn(C)c(C)c1CCCNC(=O)N1CCN(c2cnccn2)CC1. The third-order valence-electron chi connectivity index (χ3n) is 4.98. The molecule has 3 rings (SSSR count). The van der Waals surface area contributed by atoms with Gasteiger partial charge in [0.25, 0.3) is 0 Å². The number of hydrogen-bond donors (Lipinski definition) is 1. The van der Waals surface area contributed by atoms with Crippen molar-refractivity contribution in [2.75, 3.05) is 37.6 Å². The summed E-state index contributed by atoms with van der Waals surface area (Å²) in [6, 6.07) is 0.0171. The summed E-state index contributed by atoms with van der Waals surface area (Å²) < 4.78 is 1.92. The molecule has 140 valence electrons. The van der Waals surface area contributed by atoms with Crippen LogP contribution in [0.5, 0.6) is 0 Å². The van der Waals surface area contributed by atoms with Gasteiger partial charge in [0.2, 0.25) is 0 Å². The number of carbonyl (C=O) groups excluding carboxylic acids is 1. The van der Waals surface area contributed by atoms with Crippen LogP contribution >= 0.6 is 0 Å². The van der Waals surface area contributed by atoms with Gasteiger partial charge in [-0.3, -0.25) is 9.67 Å². The van der Waals surface area contributed by atoms with Gasteiger partial charge < -0.3 is 15.1 Å². The highest BCUT2D eigenvalue weighted by Crippen LogP contribution is 2.14. The Morgan fingerprint density at radius 3 is 2.58 bits per heavy atom. The van der Waals surface area contributed by atoms with Crippen molar-refractivity contribution in [2.24, 2.45) is 7.05 Å². The summed E-state index contributed by atoms with van der Waals surface area (Å²) in [5.74, 6) is 0.870. The zero-order valence-corrected chi connectivity index (χ0v) is 15.8. The van der Waals surface area contributed by atoms with Crippen LogP contribution in [-0.2, 0) is 13.5 Å². The zero-order chi connectivity index (χ0) is 18.5. The van der Waals surface area contributed by atoms with E-state index < -0.39 is 0 Å². The lowest BCUT2D eigenvalue weighted by atomic mass is 10.1. The second kappa shape index (κ2) is 8.16. The van der Waals surface area contributed by atoms with Gasteiger partial charge in [-0.2, -0.15) is 5.10 Å². The molecule has 3 heterocycles. The fourth-order valence-electron chi connectivity index (χ4n) is 3.34. The maximum atomic E-state index is 12.3. The minimum absolute atomic E-state index is 0.0171. The van der Waals surface area contributed by atoms with E-state index in [9.17, 15) is 4.79 Å². The summed E-state index contributed by atoms with van der Waals surface area (Å²) >= 11 is 0. The maximum absolute atomic E-state index is 12.3. The van der Waals surface area contributed by atoms with E-state index in [0.29, 0.717) is 19.6 Å². The molecular weight excluding hydrogens is 330 g/mol. The lowest BCUT2D eigenvalue weighted by Crippen LogP contribution is -2.52. The first-order chi connectivity index (χ1) is 12.6. The molecule has 1 saturated heterocycles. The van der Waals surface area contributed by atoms with Gasteiger partial charge in [-0.15, -0.1) is 0 Å². The van der Waals surface area contributed by atoms with Gasteiger partial charge in [0, 0.05) is 57.9 Å². The van der Waals surface area contributed by atoms with Crippen LogP contribution < -0.4 is 10.2 Å². The second-order valence-electron chi connectivity index (χ2n) is 6.65. The molecule has 0 aromatic carbocycles. The van der Waals surface area contributed by atoms with Crippen LogP contribution in [0.25, 0.3) is 0 Å². The highest BCUT2D eigenvalue weighted by molar-refractivity contribution is 5.74. The number of nitrogens with zero attached hydrogens (tertiary/aromatic N) is 6. The molecule has 8 heteroatoms. The number of rotatable bonds is 5. The molecule has 0 spiro atoms. The van der Waals surface area contributed by atoms with E-state index in [1.807, 2.05) is 23.6 Å². The highest BCUT2D eigenvalue weighted by Gasteiger charge is 2.21. The van der Waals surface area contributed by atoms with E-state index in [1.54, 1.807) is 18.6 Å². The topological polar surface area (TPSA) is 79.2 Å². The van der Waals surface area contributed by atoms with Gasteiger partial charge in [-0.25, -0.2) is 9.78 Å². The first-order valence-corrected chi connectivity index (χ1v) is 9.09. The van der Waals surface area contributed by atoms with Crippen molar-refractivity contribution < 1.29 is 4.79 Å². The molecule has 26 heavy (non-hydrogen) atoms. The third-order valence-corrected chi connectivity index (χ3v) is 4.98. The average Bonchev–Trinajstić information content (AvgIpc) is 2.91. The van der Waals surface area contributed by atoms with Crippen LogP contribution in [0.3, 0.4) is 0 Å². The van der Waals surface area contributed by atoms with Crippen molar-refractivity contribution >= 4 is 11.8 Å². The Bertz CT molecular complexity index is 735. The molecule has 2 aromatic rings. The maximum Gasteiger partial charge on any atom is 0.317 e. The minimum atomic E-state index is 0.0171. The Morgan fingerprint density at radius 1 is 1.19 bits per heavy atom. The number of aromatic nitrogens is 4. The van der Waals surface area contributed by atoms with Crippen LogP contribution in [0.4, 0.5) is 10.6 Å². The number of aryl methyl sites for hydroxylation is 2. The number of amides is 2. The van der Waals surface area contributed by atoms with E-state index in [1.165, 1.54) is 11.3 Å². The van der Waals surface area contributed by atoms with Gasteiger partial charge in [0.15, 0.2) is 0 Å². The molecule has 0 unspecified atom stereocenters. The molecule has 0 saturated carbocycles. The Balaban J connectivity index is 1.39. The molecule has 1 aliphatic heterocycles. The van der Waals surface area contributed by atoms with Crippen molar-refractivity contribution in [1.29, 1.82) is 0 Å². The first kappa shape index (κ1) is 18.2. The summed E-state index contributed by atoms with van der Waals surface area (Å²) in [5.41, 5.74) is 3.57. The van der Waals surface area contributed by atoms with Crippen molar-refractivity contribution in [2.45, 2.75) is 26.7 Å². The molecule has 2 aromatic heterocycles. The normalized spacial score (nSPS) is 14.6. The van der Waals surface area contributed by atoms with Gasteiger partial charge >= 0.3 is 6.03 Å². The predicted molar refractivity (Wildman–Crippen MR) is 100 cm³/mol. The number of nitrogens with one attached hydrogen (secondary N) is 1. The van der Waals surface area contributed by atoms with Crippen molar-refractivity contribution in [3.63, 3.8) is 0 Å². The van der Waals surface area contributed by atoms with Gasteiger partial charge in [-0.05, 0) is 32.3 Å². The van der Waals surface area contributed by atoms with Crippen molar-refractivity contribution in [3.05, 3.63) is 35.5 Å². The van der Waals surface area contributed by atoms with E-state index in [2.05, 4.69) is 32.2 Å². The number of anilines is 1. The van der Waals surface area contributed by atoms with Crippen LogP contribution in [0.2, 0.25) is 0 Å². The lowest BCUT2D eigenvalue weighted by molar-refractivity contribution is 0.194. The van der Waals surface area contributed by atoms with Crippen molar-refractivity contribution in [1.82, 2.24) is 30.0 Å². The highest BCUT2D eigenvalue weighted by atomic mass is 16.2. The largest absolute Gasteiger partial charge is 0.352 e. The summed E-state index contributed by atoms with van der Waals surface area (Å²) in [5, 5.41) is 7.47. The number of hydrogen-bond acceptors (Lipinski definition) is 5. The molecule has 0 bridgehead atoms. The Hall–Kier alpha value is -2.64. The van der Waals surface area contributed by atoms with Crippen molar-refractivity contribution in [3.8, 4) is 0 Å². The second-order valence-corrected chi connectivity index (χ2v) is 6.65. The molecule has 2 amide bonds. The predicted octanol–water partition coefficient (Wildman–Crippen LogP) is 1.29. The van der Waals surface area contributed by atoms with Gasteiger partial charge in [0.1, 0.15) is 5.82 Å². The number of piperazine rings is 1. The number of carbonyl (C=O) groups is 1. The van der Waals surface area contributed by atoms with E-state index in [4.69, 9.17) is 0 Å². The Kier molecular flexibility index (Phi) is 5.70. The first-order valence-electron chi connectivity index (χ1n) is 9.09.